The second-order valence-electron chi connectivity index (χ2n) is 7.80. The van der Waals surface area contributed by atoms with E-state index < -0.39 is 27.7 Å². The zero-order chi connectivity index (χ0) is 24.6. The lowest BCUT2D eigenvalue weighted by Gasteiger charge is -2.15. The fourth-order valence-electron chi connectivity index (χ4n) is 3.38. The van der Waals surface area contributed by atoms with Gasteiger partial charge in [0, 0.05) is 12.5 Å². The number of furan rings is 1. The summed E-state index contributed by atoms with van der Waals surface area (Å²) in [5.41, 5.74) is 5.67. The minimum atomic E-state index is -3.94. The normalized spacial score (nSPS) is 15.0. The standard InChI is InChI=1S/C24H21N3O6S/c1-14-4-7-18(12-15(14)2)27-24(30)21(23(29)25-27)13-19-8-11-22(33-19)17-5-9-20(10-6-17)34(31,32)26-16(3)28/h4-13H,1-3H3,(H,25,29)(H,26,28)/b21-13-. The second-order valence-corrected chi connectivity index (χ2v) is 9.48. The first kappa shape index (κ1) is 23.0. The van der Waals surface area contributed by atoms with Crippen LogP contribution in [0, 0.1) is 13.8 Å². The van der Waals surface area contributed by atoms with Crippen molar-refractivity contribution in [3.63, 3.8) is 0 Å². The number of hydrogen-bond acceptors (Lipinski definition) is 6. The molecular weight excluding hydrogens is 458 g/mol. The van der Waals surface area contributed by atoms with Crippen LogP contribution in [0.1, 0.15) is 23.8 Å². The van der Waals surface area contributed by atoms with Crippen LogP contribution in [0.15, 0.2) is 69.5 Å². The van der Waals surface area contributed by atoms with Crippen molar-refractivity contribution in [3.05, 3.63) is 77.1 Å². The third kappa shape index (κ3) is 4.48. The SMILES string of the molecule is CC(=O)NS(=O)(=O)c1ccc(-c2ccc(/C=C3/C(=O)NN(c4ccc(C)c(C)c4)C3=O)o2)cc1. The van der Waals surface area contributed by atoms with E-state index in [0.717, 1.165) is 18.1 Å². The molecule has 1 fully saturated rings. The van der Waals surface area contributed by atoms with Gasteiger partial charge < -0.3 is 4.42 Å². The van der Waals surface area contributed by atoms with Crippen molar-refractivity contribution in [2.45, 2.75) is 25.7 Å². The Kier molecular flexibility index (Phi) is 5.84. The molecule has 9 nitrogen and oxygen atoms in total. The van der Waals surface area contributed by atoms with Crippen LogP contribution >= 0.6 is 0 Å². The summed E-state index contributed by atoms with van der Waals surface area (Å²) in [6.07, 6.45) is 1.36. The minimum absolute atomic E-state index is 0.0694. The van der Waals surface area contributed by atoms with Crippen LogP contribution in [0.3, 0.4) is 0 Å². The molecule has 3 amide bonds. The predicted molar refractivity (Wildman–Crippen MR) is 125 cm³/mol. The van der Waals surface area contributed by atoms with Gasteiger partial charge in [-0.2, -0.15) is 0 Å². The van der Waals surface area contributed by atoms with Crippen molar-refractivity contribution in [2.75, 3.05) is 5.01 Å². The number of carbonyl (C=O) groups excluding carboxylic acids is 3. The number of hydrogen-bond donors (Lipinski definition) is 2. The fourth-order valence-corrected chi connectivity index (χ4v) is 4.37. The molecule has 0 unspecified atom stereocenters. The van der Waals surface area contributed by atoms with Gasteiger partial charge in [0.25, 0.3) is 21.8 Å². The average molecular weight is 480 g/mol. The summed E-state index contributed by atoms with van der Waals surface area (Å²) < 4.78 is 31.8. The summed E-state index contributed by atoms with van der Waals surface area (Å²) in [5.74, 6) is -1.04. The maximum atomic E-state index is 12.8. The monoisotopic (exact) mass is 479 g/mol. The van der Waals surface area contributed by atoms with Crippen LogP contribution < -0.4 is 15.2 Å². The van der Waals surface area contributed by atoms with Crippen molar-refractivity contribution in [2.24, 2.45) is 0 Å². The molecule has 174 valence electrons. The van der Waals surface area contributed by atoms with Gasteiger partial charge in [0.15, 0.2) is 0 Å². The number of sulfonamides is 1. The molecule has 1 aliphatic heterocycles. The number of anilines is 1. The minimum Gasteiger partial charge on any atom is -0.457 e. The Hall–Kier alpha value is -4.18. The van der Waals surface area contributed by atoms with Crippen LogP contribution in [-0.4, -0.2) is 26.1 Å². The number of nitrogens with one attached hydrogen (secondary N) is 2. The lowest BCUT2D eigenvalue weighted by molar-refractivity contribution is -0.118. The molecule has 2 aromatic carbocycles. The predicted octanol–water partition coefficient (Wildman–Crippen LogP) is 2.85. The molecule has 0 radical (unpaired) electrons. The first-order valence-electron chi connectivity index (χ1n) is 10.2. The topological polar surface area (TPSA) is 126 Å². The third-order valence-corrected chi connectivity index (χ3v) is 6.73. The highest BCUT2D eigenvalue weighted by molar-refractivity contribution is 7.90. The Bertz CT molecular complexity index is 1450. The van der Waals surface area contributed by atoms with E-state index in [2.05, 4.69) is 5.43 Å². The number of nitrogens with zero attached hydrogens (tertiary/aromatic N) is 1. The van der Waals surface area contributed by atoms with Crippen LogP contribution in [0.4, 0.5) is 5.69 Å². The van der Waals surface area contributed by atoms with Gasteiger partial charge in [-0.25, -0.2) is 18.1 Å². The van der Waals surface area contributed by atoms with Crippen molar-refractivity contribution >= 4 is 39.5 Å². The van der Waals surface area contributed by atoms with Gasteiger partial charge in [0.1, 0.15) is 17.1 Å². The highest BCUT2D eigenvalue weighted by atomic mass is 32.2. The summed E-state index contributed by atoms with van der Waals surface area (Å²) >= 11 is 0. The molecule has 10 heteroatoms. The molecule has 4 rings (SSSR count). The smallest absolute Gasteiger partial charge is 0.282 e. The molecule has 0 atom stereocenters. The van der Waals surface area contributed by atoms with Crippen molar-refractivity contribution in [1.82, 2.24) is 10.1 Å². The quantitative estimate of drug-likeness (QED) is 0.428. The van der Waals surface area contributed by atoms with Gasteiger partial charge in [-0.05, 0) is 79.6 Å². The summed E-state index contributed by atoms with van der Waals surface area (Å²) in [7, 11) is -3.94. The lowest BCUT2D eigenvalue weighted by atomic mass is 10.1. The zero-order valence-corrected chi connectivity index (χ0v) is 19.4. The average Bonchev–Trinajstić information content (AvgIpc) is 3.35. The molecule has 2 N–H and O–H groups in total. The van der Waals surface area contributed by atoms with E-state index >= 15 is 0 Å². The molecule has 2 heterocycles. The van der Waals surface area contributed by atoms with Gasteiger partial charge in [-0.15, -0.1) is 0 Å². The molecule has 0 saturated carbocycles. The van der Waals surface area contributed by atoms with Gasteiger partial charge >= 0.3 is 0 Å². The Morgan fingerprint density at radius 2 is 1.71 bits per heavy atom. The molecule has 1 aromatic heterocycles. The second kappa shape index (κ2) is 8.64. The maximum absolute atomic E-state index is 12.8. The van der Waals surface area contributed by atoms with Gasteiger partial charge in [-0.3, -0.25) is 19.8 Å². The fraction of sp³-hybridized carbons (Fsp3) is 0.125. The highest BCUT2D eigenvalue weighted by Gasteiger charge is 2.34. The molecule has 1 aliphatic rings. The van der Waals surface area contributed by atoms with E-state index in [9.17, 15) is 22.8 Å². The molecule has 0 bridgehead atoms. The van der Waals surface area contributed by atoms with E-state index in [0.29, 0.717) is 17.0 Å². The molecule has 0 spiro atoms. The van der Waals surface area contributed by atoms with E-state index in [1.54, 1.807) is 18.2 Å². The molecular formula is C24H21N3O6S. The van der Waals surface area contributed by atoms with Crippen LogP contribution in [0.25, 0.3) is 17.4 Å². The van der Waals surface area contributed by atoms with E-state index in [4.69, 9.17) is 4.42 Å². The van der Waals surface area contributed by atoms with Crippen molar-refractivity contribution in [1.29, 1.82) is 0 Å². The van der Waals surface area contributed by atoms with Gasteiger partial charge in [0.2, 0.25) is 5.91 Å². The number of benzene rings is 2. The Morgan fingerprint density at radius 1 is 1.00 bits per heavy atom. The number of hydrazine groups is 1. The Morgan fingerprint density at radius 3 is 2.35 bits per heavy atom. The molecule has 3 aromatic rings. The largest absolute Gasteiger partial charge is 0.457 e. The van der Waals surface area contributed by atoms with E-state index in [1.807, 2.05) is 30.7 Å². The number of rotatable bonds is 5. The maximum Gasteiger partial charge on any atom is 0.282 e. The summed E-state index contributed by atoms with van der Waals surface area (Å²) in [6.45, 7) is 4.99. The Balaban J connectivity index is 1.56. The van der Waals surface area contributed by atoms with Crippen LogP contribution in [0.5, 0.6) is 0 Å². The van der Waals surface area contributed by atoms with Crippen LogP contribution in [0.2, 0.25) is 0 Å². The van der Waals surface area contributed by atoms with E-state index in [1.165, 1.54) is 35.4 Å². The Labute approximate surface area is 196 Å². The first-order chi connectivity index (χ1) is 16.0. The summed E-state index contributed by atoms with van der Waals surface area (Å²) in [4.78, 5) is 36.3. The molecule has 0 aliphatic carbocycles. The first-order valence-corrected chi connectivity index (χ1v) is 11.7. The van der Waals surface area contributed by atoms with Crippen molar-refractivity contribution < 1.29 is 27.2 Å². The lowest BCUT2D eigenvalue weighted by Crippen LogP contribution is -2.35. The van der Waals surface area contributed by atoms with Crippen LogP contribution in [-0.2, 0) is 24.4 Å². The third-order valence-electron chi connectivity index (χ3n) is 5.28. The van der Waals surface area contributed by atoms with Gasteiger partial charge in [-0.1, -0.05) is 6.07 Å². The number of carbonyl (C=O) groups is 3. The summed E-state index contributed by atoms with van der Waals surface area (Å²) in [5, 5.41) is 1.19. The molecule has 1 saturated heterocycles. The van der Waals surface area contributed by atoms with Gasteiger partial charge in [0.05, 0.1) is 10.6 Å². The van der Waals surface area contributed by atoms with Crippen molar-refractivity contribution in [3.8, 4) is 11.3 Å². The number of aryl methyl sites for hydroxylation is 2. The zero-order valence-electron chi connectivity index (χ0n) is 18.6. The highest BCUT2D eigenvalue weighted by Crippen LogP contribution is 2.27. The summed E-state index contributed by atoms with van der Waals surface area (Å²) in [6, 6.07) is 14.4. The molecule has 34 heavy (non-hydrogen) atoms. The number of amides is 3. The van der Waals surface area contributed by atoms with E-state index in [-0.39, 0.29) is 16.2 Å².